The number of carbonyl (C=O) groups excluding carboxylic acids is 1. The zero-order chi connectivity index (χ0) is 15.5. The van der Waals surface area contributed by atoms with Crippen molar-refractivity contribution in [1.29, 1.82) is 0 Å². The molecule has 0 spiro atoms. The first kappa shape index (κ1) is 17.3. The average Bonchev–Trinajstić information content (AvgIpc) is 2.52. The molecule has 0 radical (unpaired) electrons. The quantitative estimate of drug-likeness (QED) is 0.711. The second-order valence-electron chi connectivity index (χ2n) is 4.95. The molecule has 0 bridgehead atoms. The minimum Gasteiger partial charge on any atom is -0.497 e. The van der Waals surface area contributed by atoms with Crippen LogP contribution in [-0.4, -0.2) is 51.9 Å². The molecule has 0 atom stereocenters. The van der Waals surface area contributed by atoms with Gasteiger partial charge in [0.1, 0.15) is 5.75 Å². The predicted molar refractivity (Wildman–Crippen MR) is 83.8 cm³/mol. The van der Waals surface area contributed by atoms with Gasteiger partial charge in [-0.15, -0.1) is 0 Å². The van der Waals surface area contributed by atoms with Crippen LogP contribution in [0.25, 0.3) is 0 Å². The normalized spacial score (nSPS) is 10.2. The highest BCUT2D eigenvalue weighted by atomic mass is 16.5. The average molecular weight is 294 g/mol. The number of aryl methyl sites for hydroxylation is 1. The molecule has 21 heavy (non-hydrogen) atoms. The van der Waals surface area contributed by atoms with Crippen molar-refractivity contribution in [3.63, 3.8) is 0 Å². The Kier molecular flexibility index (Phi) is 8.28. The second kappa shape index (κ2) is 10.0. The van der Waals surface area contributed by atoms with Crippen LogP contribution in [0.5, 0.6) is 5.75 Å². The van der Waals surface area contributed by atoms with E-state index in [1.165, 1.54) is 5.56 Å². The van der Waals surface area contributed by atoms with E-state index in [2.05, 4.69) is 17.4 Å². The van der Waals surface area contributed by atoms with Crippen LogP contribution < -0.4 is 10.1 Å². The SMILES string of the molecule is COCCCN(C)C(=O)NCCCc1ccc(OC)cc1. The highest BCUT2D eigenvalue weighted by Crippen LogP contribution is 2.12. The van der Waals surface area contributed by atoms with Gasteiger partial charge in [0, 0.05) is 33.9 Å². The second-order valence-corrected chi connectivity index (χ2v) is 4.95. The number of carbonyl (C=O) groups is 1. The Labute approximate surface area is 127 Å². The van der Waals surface area contributed by atoms with Gasteiger partial charge in [0.25, 0.3) is 0 Å². The van der Waals surface area contributed by atoms with E-state index in [-0.39, 0.29) is 6.03 Å². The highest BCUT2D eigenvalue weighted by molar-refractivity contribution is 5.73. The molecule has 0 aromatic heterocycles. The van der Waals surface area contributed by atoms with E-state index in [0.717, 1.165) is 25.0 Å². The fraction of sp³-hybridized carbons (Fsp3) is 0.562. The molecule has 1 aromatic rings. The molecule has 1 N–H and O–H groups in total. The lowest BCUT2D eigenvalue weighted by Crippen LogP contribution is -2.38. The number of nitrogens with one attached hydrogen (secondary N) is 1. The summed E-state index contributed by atoms with van der Waals surface area (Å²) in [5.41, 5.74) is 1.25. The summed E-state index contributed by atoms with van der Waals surface area (Å²) < 4.78 is 10.1. The minimum absolute atomic E-state index is 0.0270. The summed E-state index contributed by atoms with van der Waals surface area (Å²) in [6.45, 7) is 2.06. The number of benzene rings is 1. The van der Waals surface area contributed by atoms with E-state index in [4.69, 9.17) is 9.47 Å². The largest absolute Gasteiger partial charge is 0.497 e. The summed E-state index contributed by atoms with van der Waals surface area (Å²) in [6, 6.07) is 7.99. The van der Waals surface area contributed by atoms with Crippen LogP contribution in [0, 0.1) is 0 Å². The van der Waals surface area contributed by atoms with Crippen LogP contribution in [0.15, 0.2) is 24.3 Å². The maximum absolute atomic E-state index is 11.8. The predicted octanol–water partition coefficient (Wildman–Crippen LogP) is 2.31. The number of amides is 2. The van der Waals surface area contributed by atoms with E-state index in [0.29, 0.717) is 19.7 Å². The van der Waals surface area contributed by atoms with E-state index in [9.17, 15) is 4.79 Å². The van der Waals surface area contributed by atoms with Crippen molar-refractivity contribution in [3.05, 3.63) is 29.8 Å². The highest BCUT2D eigenvalue weighted by Gasteiger charge is 2.06. The van der Waals surface area contributed by atoms with E-state index >= 15 is 0 Å². The van der Waals surface area contributed by atoms with Gasteiger partial charge in [-0.05, 0) is 37.0 Å². The molecule has 1 aromatic carbocycles. The van der Waals surface area contributed by atoms with Crippen molar-refractivity contribution in [2.75, 3.05) is 41.0 Å². The Morgan fingerprint density at radius 1 is 1.19 bits per heavy atom. The number of ether oxygens (including phenoxy) is 2. The van der Waals surface area contributed by atoms with Gasteiger partial charge < -0.3 is 19.7 Å². The smallest absolute Gasteiger partial charge is 0.317 e. The number of hydrogen-bond donors (Lipinski definition) is 1. The number of urea groups is 1. The van der Waals surface area contributed by atoms with Crippen molar-refractivity contribution in [2.45, 2.75) is 19.3 Å². The summed E-state index contributed by atoms with van der Waals surface area (Å²) in [6.07, 6.45) is 2.72. The van der Waals surface area contributed by atoms with Crippen LogP contribution in [0.2, 0.25) is 0 Å². The van der Waals surface area contributed by atoms with Crippen LogP contribution in [-0.2, 0) is 11.2 Å². The van der Waals surface area contributed by atoms with Crippen LogP contribution in [0.4, 0.5) is 4.79 Å². The Morgan fingerprint density at radius 3 is 2.52 bits per heavy atom. The third-order valence-corrected chi connectivity index (χ3v) is 3.27. The van der Waals surface area contributed by atoms with Gasteiger partial charge in [-0.1, -0.05) is 12.1 Å². The van der Waals surface area contributed by atoms with Crippen molar-refractivity contribution >= 4 is 6.03 Å². The summed E-state index contributed by atoms with van der Waals surface area (Å²) in [5.74, 6) is 0.865. The van der Waals surface area contributed by atoms with Crippen molar-refractivity contribution < 1.29 is 14.3 Å². The zero-order valence-electron chi connectivity index (χ0n) is 13.2. The summed E-state index contributed by atoms with van der Waals surface area (Å²) in [7, 11) is 5.13. The fourth-order valence-corrected chi connectivity index (χ4v) is 1.96. The van der Waals surface area contributed by atoms with Crippen molar-refractivity contribution in [2.24, 2.45) is 0 Å². The summed E-state index contributed by atoms with van der Waals surface area (Å²) in [5, 5.41) is 2.92. The first-order chi connectivity index (χ1) is 10.2. The van der Waals surface area contributed by atoms with Crippen molar-refractivity contribution in [1.82, 2.24) is 10.2 Å². The molecule has 0 saturated heterocycles. The summed E-state index contributed by atoms with van der Waals surface area (Å²) in [4.78, 5) is 13.5. The molecular formula is C16H26N2O3. The summed E-state index contributed by atoms with van der Waals surface area (Å²) >= 11 is 0. The van der Waals surface area contributed by atoms with Crippen LogP contribution in [0.3, 0.4) is 0 Å². The number of hydrogen-bond acceptors (Lipinski definition) is 3. The molecule has 2 amide bonds. The maximum atomic E-state index is 11.8. The molecule has 0 saturated carbocycles. The zero-order valence-corrected chi connectivity index (χ0v) is 13.2. The van der Waals surface area contributed by atoms with Crippen LogP contribution >= 0.6 is 0 Å². The minimum atomic E-state index is -0.0270. The molecule has 5 nitrogen and oxygen atoms in total. The van der Waals surface area contributed by atoms with Crippen LogP contribution in [0.1, 0.15) is 18.4 Å². The number of nitrogens with zero attached hydrogens (tertiary/aromatic N) is 1. The third kappa shape index (κ3) is 6.99. The molecule has 0 fully saturated rings. The van der Waals surface area contributed by atoms with Gasteiger partial charge >= 0.3 is 6.03 Å². The molecule has 0 aliphatic carbocycles. The number of rotatable bonds is 9. The van der Waals surface area contributed by atoms with Gasteiger partial charge in [0.05, 0.1) is 7.11 Å². The molecule has 0 aliphatic rings. The van der Waals surface area contributed by atoms with E-state index in [1.54, 1.807) is 26.2 Å². The Hall–Kier alpha value is -1.75. The van der Waals surface area contributed by atoms with Gasteiger partial charge in [0.15, 0.2) is 0 Å². The standard InChI is InChI=1S/C16H26N2O3/c1-18(12-5-13-20-2)16(19)17-11-4-6-14-7-9-15(21-3)10-8-14/h7-10H,4-6,11-13H2,1-3H3,(H,17,19). The third-order valence-electron chi connectivity index (χ3n) is 3.27. The molecule has 0 heterocycles. The topological polar surface area (TPSA) is 50.8 Å². The Morgan fingerprint density at radius 2 is 1.90 bits per heavy atom. The monoisotopic (exact) mass is 294 g/mol. The molecule has 0 aliphatic heterocycles. The van der Waals surface area contributed by atoms with Gasteiger partial charge in [-0.3, -0.25) is 0 Å². The molecule has 1 rings (SSSR count). The Balaban J connectivity index is 2.16. The lowest BCUT2D eigenvalue weighted by Gasteiger charge is -2.17. The first-order valence-corrected chi connectivity index (χ1v) is 7.28. The molecule has 5 heteroatoms. The first-order valence-electron chi connectivity index (χ1n) is 7.28. The lowest BCUT2D eigenvalue weighted by atomic mass is 10.1. The molecule has 0 unspecified atom stereocenters. The van der Waals surface area contributed by atoms with Gasteiger partial charge in [-0.25, -0.2) is 4.79 Å². The maximum Gasteiger partial charge on any atom is 0.317 e. The van der Waals surface area contributed by atoms with Gasteiger partial charge in [-0.2, -0.15) is 0 Å². The lowest BCUT2D eigenvalue weighted by molar-refractivity contribution is 0.175. The Bertz CT molecular complexity index is 406. The number of methoxy groups -OCH3 is 2. The van der Waals surface area contributed by atoms with Crippen molar-refractivity contribution in [3.8, 4) is 5.75 Å². The molecular weight excluding hydrogens is 268 g/mol. The van der Waals surface area contributed by atoms with Gasteiger partial charge in [0.2, 0.25) is 0 Å². The molecule has 118 valence electrons. The van der Waals surface area contributed by atoms with E-state index in [1.807, 2.05) is 12.1 Å². The fourth-order valence-electron chi connectivity index (χ4n) is 1.96. The van der Waals surface area contributed by atoms with E-state index < -0.39 is 0 Å².